The van der Waals surface area contributed by atoms with Gasteiger partial charge >= 0.3 is 0 Å². The van der Waals surface area contributed by atoms with Crippen LogP contribution in [0.1, 0.15) is 23.5 Å². The van der Waals surface area contributed by atoms with Crippen LogP contribution in [0.4, 0.5) is 0 Å². The molecule has 0 bridgehead atoms. The van der Waals surface area contributed by atoms with E-state index in [4.69, 9.17) is 28.4 Å². The van der Waals surface area contributed by atoms with Crippen molar-refractivity contribution in [1.29, 1.82) is 0 Å². The Hall–Kier alpha value is -2.84. The normalized spacial score (nSPS) is 15.2. The zero-order valence-corrected chi connectivity index (χ0v) is 19.5. The number of phenolic OH excluding ortho intramolecular Hbond substituents is 1. The Bertz CT molecular complexity index is 871. The number of rotatable bonds is 10. The molecule has 1 N–H and O–H groups in total. The standard InChI is InChI=1S/C24H33NO7/c1-27-17-14-19(26)23(20(15-17)28-2)18(6-7-25-8-10-32-11-9-25)16-12-21(29-3)24(31-5)22(13-16)30-4/h12-15,18,26H,6-11H2,1-5H3/t18-/m1/s1. The summed E-state index contributed by atoms with van der Waals surface area (Å²) in [5.41, 5.74) is 1.61. The molecule has 1 atom stereocenters. The van der Waals surface area contributed by atoms with E-state index in [0.29, 0.717) is 34.3 Å². The average Bonchev–Trinajstić information content (AvgIpc) is 2.84. The van der Waals surface area contributed by atoms with Gasteiger partial charge in [-0.25, -0.2) is 0 Å². The van der Waals surface area contributed by atoms with E-state index in [2.05, 4.69) is 4.90 Å². The zero-order chi connectivity index (χ0) is 23.1. The molecule has 0 amide bonds. The third-order valence-corrected chi connectivity index (χ3v) is 5.82. The number of morpholine rings is 1. The minimum absolute atomic E-state index is 0.113. The summed E-state index contributed by atoms with van der Waals surface area (Å²) in [5, 5.41) is 11.0. The Morgan fingerprint density at radius 3 is 2.00 bits per heavy atom. The SMILES string of the molecule is COc1cc(O)c([C@H](CCN2CCOCC2)c2cc(OC)c(OC)c(OC)c2)c(OC)c1. The Labute approximate surface area is 189 Å². The monoisotopic (exact) mass is 447 g/mol. The van der Waals surface area contributed by atoms with Crippen LogP contribution in [0.5, 0.6) is 34.5 Å². The molecule has 1 fully saturated rings. The molecule has 2 aromatic rings. The lowest BCUT2D eigenvalue weighted by Gasteiger charge is -2.29. The first-order valence-corrected chi connectivity index (χ1v) is 10.6. The molecule has 0 radical (unpaired) electrons. The van der Waals surface area contributed by atoms with Crippen molar-refractivity contribution in [3.63, 3.8) is 0 Å². The van der Waals surface area contributed by atoms with E-state index in [1.807, 2.05) is 12.1 Å². The molecule has 176 valence electrons. The second kappa shape index (κ2) is 11.2. The predicted molar refractivity (Wildman–Crippen MR) is 121 cm³/mol. The topological polar surface area (TPSA) is 78.9 Å². The van der Waals surface area contributed by atoms with Gasteiger partial charge in [0.05, 0.1) is 48.8 Å². The number of hydrogen-bond acceptors (Lipinski definition) is 8. The van der Waals surface area contributed by atoms with Crippen molar-refractivity contribution in [1.82, 2.24) is 4.90 Å². The van der Waals surface area contributed by atoms with Crippen molar-refractivity contribution in [2.75, 3.05) is 68.4 Å². The van der Waals surface area contributed by atoms with Crippen molar-refractivity contribution in [2.45, 2.75) is 12.3 Å². The highest BCUT2D eigenvalue weighted by molar-refractivity contribution is 5.59. The molecule has 1 aliphatic heterocycles. The van der Waals surface area contributed by atoms with Crippen LogP contribution in [0, 0.1) is 0 Å². The molecular weight excluding hydrogens is 414 g/mol. The maximum atomic E-state index is 11.0. The van der Waals surface area contributed by atoms with Crippen LogP contribution in [0.3, 0.4) is 0 Å². The summed E-state index contributed by atoms with van der Waals surface area (Å²) >= 11 is 0. The van der Waals surface area contributed by atoms with Crippen LogP contribution in [-0.2, 0) is 4.74 Å². The van der Waals surface area contributed by atoms with Gasteiger partial charge in [0.1, 0.15) is 17.2 Å². The van der Waals surface area contributed by atoms with E-state index < -0.39 is 0 Å². The fourth-order valence-electron chi connectivity index (χ4n) is 4.14. The number of aromatic hydroxyl groups is 1. The molecule has 8 nitrogen and oxygen atoms in total. The molecule has 2 aromatic carbocycles. The van der Waals surface area contributed by atoms with Gasteiger partial charge in [-0.1, -0.05) is 0 Å². The summed E-state index contributed by atoms with van der Waals surface area (Å²) in [5.74, 6) is 2.66. The molecule has 32 heavy (non-hydrogen) atoms. The highest BCUT2D eigenvalue weighted by Crippen LogP contribution is 2.47. The number of benzene rings is 2. The Kier molecular flexibility index (Phi) is 8.30. The zero-order valence-electron chi connectivity index (χ0n) is 19.5. The summed E-state index contributed by atoms with van der Waals surface area (Å²) in [6, 6.07) is 7.25. The summed E-state index contributed by atoms with van der Waals surface area (Å²) in [7, 11) is 7.91. The van der Waals surface area contributed by atoms with Gasteiger partial charge in [-0.3, -0.25) is 4.90 Å². The molecule has 0 aromatic heterocycles. The number of ether oxygens (including phenoxy) is 6. The van der Waals surface area contributed by atoms with E-state index in [1.165, 1.54) is 0 Å². The van der Waals surface area contributed by atoms with Crippen LogP contribution in [0.15, 0.2) is 24.3 Å². The van der Waals surface area contributed by atoms with E-state index in [1.54, 1.807) is 47.7 Å². The minimum Gasteiger partial charge on any atom is -0.507 e. The first-order valence-electron chi connectivity index (χ1n) is 10.6. The van der Waals surface area contributed by atoms with Gasteiger partial charge in [-0.2, -0.15) is 0 Å². The third kappa shape index (κ3) is 5.14. The van der Waals surface area contributed by atoms with E-state index in [-0.39, 0.29) is 11.7 Å². The number of hydrogen-bond donors (Lipinski definition) is 1. The quantitative estimate of drug-likeness (QED) is 0.595. The first-order chi connectivity index (χ1) is 15.6. The fourth-order valence-corrected chi connectivity index (χ4v) is 4.14. The van der Waals surface area contributed by atoms with E-state index >= 15 is 0 Å². The van der Waals surface area contributed by atoms with Crippen LogP contribution in [0.25, 0.3) is 0 Å². The van der Waals surface area contributed by atoms with Gasteiger partial charge in [0, 0.05) is 36.7 Å². The summed E-state index contributed by atoms with van der Waals surface area (Å²) < 4.78 is 33.1. The third-order valence-electron chi connectivity index (χ3n) is 5.82. The lowest BCUT2D eigenvalue weighted by Crippen LogP contribution is -2.37. The molecule has 1 saturated heterocycles. The van der Waals surface area contributed by atoms with Crippen molar-refractivity contribution >= 4 is 0 Å². The van der Waals surface area contributed by atoms with Crippen molar-refractivity contribution in [2.24, 2.45) is 0 Å². The average molecular weight is 448 g/mol. The largest absolute Gasteiger partial charge is 0.507 e. The molecule has 0 spiro atoms. The summed E-state index contributed by atoms with van der Waals surface area (Å²) in [4.78, 5) is 2.36. The number of methoxy groups -OCH3 is 5. The van der Waals surface area contributed by atoms with Gasteiger partial charge in [0.25, 0.3) is 0 Å². The number of nitrogens with zero attached hydrogens (tertiary/aromatic N) is 1. The Morgan fingerprint density at radius 1 is 0.844 bits per heavy atom. The minimum atomic E-state index is -0.188. The molecule has 0 unspecified atom stereocenters. The summed E-state index contributed by atoms with van der Waals surface area (Å²) in [6.45, 7) is 4.05. The molecule has 1 aliphatic rings. The molecule has 0 saturated carbocycles. The lowest BCUT2D eigenvalue weighted by molar-refractivity contribution is 0.0369. The van der Waals surface area contributed by atoms with Crippen LogP contribution in [-0.4, -0.2) is 78.4 Å². The van der Waals surface area contributed by atoms with Crippen LogP contribution in [0.2, 0.25) is 0 Å². The van der Waals surface area contributed by atoms with Crippen LogP contribution >= 0.6 is 0 Å². The van der Waals surface area contributed by atoms with Gasteiger partial charge in [-0.15, -0.1) is 0 Å². The van der Waals surface area contributed by atoms with Gasteiger partial charge in [0.15, 0.2) is 11.5 Å². The molecular formula is C24H33NO7. The molecule has 0 aliphatic carbocycles. The Balaban J connectivity index is 2.09. The van der Waals surface area contributed by atoms with Crippen molar-refractivity contribution in [3.8, 4) is 34.5 Å². The predicted octanol–water partition coefficient (Wildman–Crippen LogP) is 3.29. The smallest absolute Gasteiger partial charge is 0.203 e. The van der Waals surface area contributed by atoms with E-state index in [0.717, 1.165) is 44.8 Å². The number of phenols is 1. The second-order valence-corrected chi connectivity index (χ2v) is 7.52. The molecule has 1 heterocycles. The van der Waals surface area contributed by atoms with E-state index in [9.17, 15) is 5.11 Å². The van der Waals surface area contributed by atoms with Crippen molar-refractivity contribution in [3.05, 3.63) is 35.4 Å². The molecule has 8 heteroatoms. The maximum Gasteiger partial charge on any atom is 0.203 e. The second-order valence-electron chi connectivity index (χ2n) is 7.52. The summed E-state index contributed by atoms with van der Waals surface area (Å²) in [6.07, 6.45) is 0.745. The van der Waals surface area contributed by atoms with Crippen molar-refractivity contribution < 1.29 is 33.5 Å². The Morgan fingerprint density at radius 2 is 1.47 bits per heavy atom. The lowest BCUT2D eigenvalue weighted by atomic mass is 9.86. The van der Waals surface area contributed by atoms with Crippen LogP contribution < -0.4 is 23.7 Å². The van der Waals surface area contributed by atoms with Gasteiger partial charge in [0.2, 0.25) is 5.75 Å². The molecule has 3 rings (SSSR count). The fraction of sp³-hybridized carbons (Fsp3) is 0.500. The first kappa shape index (κ1) is 23.8. The highest BCUT2D eigenvalue weighted by atomic mass is 16.5. The maximum absolute atomic E-state index is 11.0. The highest BCUT2D eigenvalue weighted by Gasteiger charge is 2.27. The van der Waals surface area contributed by atoms with Gasteiger partial charge < -0.3 is 33.5 Å². The van der Waals surface area contributed by atoms with Gasteiger partial charge in [-0.05, 0) is 30.7 Å².